The van der Waals surface area contributed by atoms with Crippen molar-refractivity contribution in [2.45, 2.75) is 6.30 Å². The number of alkyl halides is 1. The number of rotatable bonds is 1. The van der Waals surface area contributed by atoms with Crippen molar-refractivity contribution in [1.29, 1.82) is 0 Å². The van der Waals surface area contributed by atoms with Gasteiger partial charge in [-0.05, 0) is 0 Å². The first-order valence-corrected chi connectivity index (χ1v) is 2.32. The van der Waals surface area contributed by atoms with E-state index in [1.807, 2.05) is 0 Å². The number of carboxylic acid groups (broad SMARTS) is 1. The molecule has 46 valence electrons. The van der Waals surface area contributed by atoms with Gasteiger partial charge in [-0.15, -0.1) is 0 Å². The number of carbonyl (C=O) groups is 1. The zero-order valence-electron chi connectivity index (χ0n) is 4.10. The lowest BCUT2D eigenvalue weighted by molar-refractivity contribution is -0.148. The third kappa shape index (κ3) is 0.667. The smallest absolute Gasteiger partial charge is 0.312 e. The highest BCUT2D eigenvalue weighted by Crippen LogP contribution is 2.13. The summed E-state index contributed by atoms with van der Waals surface area (Å²) in [4.78, 5) is 9.91. The van der Waals surface area contributed by atoms with Crippen LogP contribution in [-0.2, 0) is 4.79 Å². The van der Waals surface area contributed by atoms with Gasteiger partial charge in [-0.2, -0.15) is 0 Å². The normalized spacial score (nSPS) is 36.1. The Morgan fingerprint density at radius 3 is 2.50 bits per heavy atom. The first kappa shape index (κ1) is 5.50. The molecule has 0 spiro atoms. The van der Waals surface area contributed by atoms with E-state index < -0.39 is 18.2 Å². The van der Waals surface area contributed by atoms with Gasteiger partial charge < -0.3 is 5.11 Å². The van der Waals surface area contributed by atoms with Gasteiger partial charge in [-0.1, -0.05) is 0 Å². The lowest BCUT2D eigenvalue weighted by Crippen LogP contribution is -2.53. The monoisotopic (exact) mass is 119 g/mol. The molecule has 0 aromatic rings. The van der Waals surface area contributed by atoms with Crippen molar-refractivity contribution >= 4 is 5.97 Å². The Balaban J connectivity index is 2.37. The van der Waals surface area contributed by atoms with Crippen LogP contribution in [-0.4, -0.2) is 23.9 Å². The van der Waals surface area contributed by atoms with E-state index >= 15 is 0 Å². The molecule has 0 bridgehead atoms. The summed E-state index contributed by atoms with van der Waals surface area (Å²) in [5.41, 5.74) is 0. The van der Waals surface area contributed by atoms with Crippen LogP contribution < -0.4 is 5.32 Å². The van der Waals surface area contributed by atoms with Gasteiger partial charge in [0.2, 0.25) is 0 Å². The lowest BCUT2D eigenvalue weighted by atomic mass is 10.0. The molecule has 2 N–H and O–H groups in total. The highest BCUT2D eigenvalue weighted by Gasteiger charge is 2.35. The maximum atomic E-state index is 11.9. The van der Waals surface area contributed by atoms with Crippen LogP contribution >= 0.6 is 0 Å². The van der Waals surface area contributed by atoms with Crippen LogP contribution in [0.5, 0.6) is 0 Å². The summed E-state index contributed by atoms with van der Waals surface area (Å²) in [6.07, 6.45) is -1.33. The molecule has 8 heavy (non-hydrogen) atoms. The fraction of sp³-hybridized carbons (Fsp3) is 0.750. The summed E-state index contributed by atoms with van der Waals surface area (Å²) in [7, 11) is 0. The van der Waals surface area contributed by atoms with E-state index in [1.165, 1.54) is 0 Å². The molecule has 1 heterocycles. The van der Waals surface area contributed by atoms with Crippen LogP contribution in [0.1, 0.15) is 0 Å². The molecule has 1 aliphatic heterocycles. The molecule has 2 atom stereocenters. The minimum Gasteiger partial charge on any atom is -0.481 e. The molecule has 0 aromatic heterocycles. The Morgan fingerprint density at radius 2 is 2.50 bits per heavy atom. The predicted molar refractivity (Wildman–Crippen MR) is 24.0 cm³/mol. The number of hydrogen-bond acceptors (Lipinski definition) is 2. The van der Waals surface area contributed by atoms with Gasteiger partial charge in [0.25, 0.3) is 0 Å². The third-order valence-electron chi connectivity index (χ3n) is 1.20. The summed E-state index contributed by atoms with van der Waals surface area (Å²) in [5.74, 6) is -1.87. The van der Waals surface area contributed by atoms with Crippen molar-refractivity contribution < 1.29 is 14.3 Å². The Hall–Kier alpha value is -0.640. The Kier molecular flexibility index (Phi) is 1.17. The molecular weight excluding hydrogens is 113 g/mol. The van der Waals surface area contributed by atoms with Crippen LogP contribution in [0.3, 0.4) is 0 Å². The number of hydrogen-bond donors (Lipinski definition) is 2. The lowest BCUT2D eigenvalue weighted by Gasteiger charge is -2.27. The maximum absolute atomic E-state index is 11.9. The number of halogens is 1. The molecule has 2 unspecified atom stereocenters. The highest BCUT2D eigenvalue weighted by atomic mass is 19.1. The molecule has 0 aromatic carbocycles. The molecule has 1 aliphatic rings. The summed E-state index contributed by atoms with van der Waals surface area (Å²) in [5, 5.41) is 10.4. The molecule has 0 amide bonds. The van der Waals surface area contributed by atoms with Gasteiger partial charge in [-0.3, -0.25) is 10.1 Å². The molecule has 4 heteroatoms. The second kappa shape index (κ2) is 1.70. The molecule has 1 rings (SSSR count). The van der Waals surface area contributed by atoms with Gasteiger partial charge in [0.15, 0.2) is 6.30 Å². The summed E-state index contributed by atoms with van der Waals surface area (Å²) >= 11 is 0. The van der Waals surface area contributed by atoms with Gasteiger partial charge in [0, 0.05) is 6.54 Å². The van der Waals surface area contributed by atoms with Crippen molar-refractivity contribution in [1.82, 2.24) is 5.32 Å². The van der Waals surface area contributed by atoms with Crippen molar-refractivity contribution in [3.63, 3.8) is 0 Å². The SMILES string of the molecule is O=C(O)C1CNC1F. The second-order valence-electron chi connectivity index (χ2n) is 1.75. The molecule has 1 fully saturated rings. The fourth-order valence-corrected chi connectivity index (χ4v) is 0.537. The van der Waals surface area contributed by atoms with Crippen molar-refractivity contribution in [3.8, 4) is 0 Å². The minimum atomic E-state index is -1.33. The van der Waals surface area contributed by atoms with E-state index in [-0.39, 0.29) is 6.54 Å². The average Bonchev–Trinajstić information content (AvgIpc) is 1.61. The largest absolute Gasteiger partial charge is 0.481 e. The topological polar surface area (TPSA) is 49.3 Å². The van der Waals surface area contributed by atoms with Crippen LogP contribution in [0.15, 0.2) is 0 Å². The molecular formula is C4H6FNO2. The van der Waals surface area contributed by atoms with E-state index in [4.69, 9.17) is 5.11 Å². The van der Waals surface area contributed by atoms with Gasteiger partial charge in [0.1, 0.15) is 5.92 Å². The average molecular weight is 119 g/mol. The maximum Gasteiger partial charge on any atom is 0.312 e. The number of nitrogens with one attached hydrogen (secondary N) is 1. The van der Waals surface area contributed by atoms with E-state index in [9.17, 15) is 9.18 Å². The summed E-state index contributed by atoms with van der Waals surface area (Å²) < 4.78 is 11.9. The van der Waals surface area contributed by atoms with Crippen LogP contribution in [0.2, 0.25) is 0 Å². The standard InChI is InChI=1S/C4H6FNO2/c5-3-2(1-6-3)4(7)8/h2-3,6H,1H2,(H,7,8). The third-order valence-corrected chi connectivity index (χ3v) is 1.20. The minimum absolute atomic E-state index is 0.260. The quantitative estimate of drug-likeness (QED) is 0.461. The number of carboxylic acids is 1. The van der Waals surface area contributed by atoms with Gasteiger partial charge in [-0.25, -0.2) is 4.39 Å². The highest BCUT2D eigenvalue weighted by molar-refractivity contribution is 5.72. The van der Waals surface area contributed by atoms with Crippen molar-refractivity contribution in [2.75, 3.05) is 6.54 Å². The zero-order chi connectivity index (χ0) is 6.15. The summed E-state index contributed by atoms with van der Waals surface area (Å²) in [6.45, 7) is 0.260. The Labute approximate surface area is 45.5 Å². The Bertz CT molecular complexity index is 117. The van der Waals surface area contributed by atoms with Crippen molar-refractivity contribution in [3.05, 3.63) is 0 Å². The van der Waals surface area contributed by atoms with Crippen molar-refractivity contribution in [2.24, 2.45) is 5.92 Å². The van der Waals surface area contributed by atoms with Gasteiger partial charge in [0.05, 0.1) is 0 Å². The predicted octanol–water partition coefficient (Wildman–Crippen LogP) is -0.414. The fourth-order valence-electron chi connectivity index (χ4n) is 0.537. The second-order valence-corrected chi connectivity index (χ2v) is 1.75. The summed E-state index contributed by atoms with van der Waals surface area (Å²) in [6, 6.07) is 0. The molecule has 1 saturated heterocycles. The molecule has 0 radical (unpaired) electrons. The molecule has 0 aliphatic carbocycles. The first-order valence-electron chi connectivity index (χ1n) is 2.32. The zero-order valence-corrected chi connectivity index (χ0v) is 4.10. The van der Waals surface area contributed by atoms with Crippen LogP contribution in [0.25, 0.3) is 0 Å². The van der Waals surface area contributed by atoms with E-state index in [1.54, 1.807) is 0 Å². The molecule has 3 nitrogen and oxygen atoms in total. The van der Waals surface area contributed by atoms with Crippen LogP contribution in [0.4, 0.5) is 4.39 Å². The number of aliphatic carboxylic acids is 1. The molecule has 0 saturated carbocycles. The first-order chi connectivity index (χ1) is 3.72. The van der Waals surface area contributed by atoms with E-state index in [0.29, 0.717) is 0 Å². The van der Waals surface area contributed by atoms with E-state index in [2.05, 4.69) is 5.32 Å². The van der Waals surface area contributed by atoms with Crippen LogP contribution in [0, 0.1) is 5.92 Å². The van der Waals surface area contributed by atoms with Gasteiger partial charge >= 0.3 is 5.97 Å². The Morgan fingerprint density at radius 1 is 1.88 bits per heavy atom. The van der Waals surface area contributed by atoms with E-state index in [0.717, 1.165) is 0 Å².